The van der Waals surface area contributed by atoms with E-state index in [1.54, 1.807) is 0 Å². The fourth-order valence-corrected chi connectivity index (χ4v) is 6.84. The molecule has 0 radical (unpaired) electrons. The van der Waals surface area contributed by atoms with Crippen molar-refractivity contribution < 1.29 is 9.79 Å². The Hall–Kier alpha value is -6.17. The molecule has 6 nitrogen and oxygen atoms in total. The Morgan fingerprint density at radius 1 is 0.333 bits per heavy atom. The molecule has 3 aromatic heterocycles. The van der Waals surface area contributed by atoms with Crippen LogP contribution >= 0.6 is 9.03 Å². The van der Waals surface area contributed by atoms with Crippen LogP contribution in [0.15, 0.2) is 146 Å². The molecule has 2 aliphatic heterocycles. The maximum absolute atomic E-state index is 7.15. The molecule has 4 aromatic carbocycles. The van der Waals surface area contributed by atoms with E-state index in [1.807, 2.05) is 18.2 Å². The van der Waals surface area contributed by atoms with Crippen LogP contribution in [0.25, 0.3) is 90.9 Å². The van der Waals surface area contributed by atoms with Gasteiger partial charge in [0, 0.05) is 44.3 Å². The number of rotatable bonds is 4. The Balaban J connectivity index is 0.00000121. The highest BCUT2D eigenvalue weighted by Gasteiger charge is 2.19. The number of aromatic amines is 2. The van der Waals surface area contributed by atoms with Gasteiger partial charge in [0.2, 0.25) is 0 Å². The minimum atomic E-state index is -0.917. The number of aromatic nitrogens is 4. The van der Waals surface area contributed by atoms with Gasteiger partial charge in [-0.25, -0.2) is 9.97 Å². The van der Waals surface area contributed by atoms with Gasteiger partial charge >= 0.3 is 0 Å². The van der Waals surface area contributed by atoms with E-state index < -0.39 is 9.03 Å². The standard InChI is InChI=1S/C44H30N4.H3O2P/c1-5-13-29(14-6-1)41-33-21-23-35(45-33)42(30-15-7-2-8-16-30)37-25-27-39(47-37)44(32-19-11-4-12-20-32)40-28-26-38(48-40)43(31-17-9-3-10-18-31)36-24-22-34(41)46-36;1-3-2/h1-28,45-46H;1-3H. The van der Waals surface area contributed by atoms with Crippen LogP contribution in [-0.4, -0.2) is 29.7 Å². The van der Waals surface area contributed by atoms with Gasteiger partial charge in [-0.2, -0.15) is 0 Å². The molecule has 0 spiro atoms. The van der Waals surface area contributed by atoms with Crippen LogP contribution in [-0.2, 0) is 0 Å². The summed E-state index contributed by atoms with van der Waals surface area (Å²) in [7, 11) is -0.917. The van der Waals surface area contributed by atoms with E-state index >= 15 is 0 Å². The summed E-state index contributed by atoms with van der Waals surface area (Å²) in [5, 5.41) is 0. The van der Waals surface area contributed by atoms with Crippen molar-refractivity contribution in [3.63, 3.8) is 0 Å². The summed E-state index contributed by atoms with van der Waals surface area (Å²) in [4.78, 5) is 32.6. The molecule has 0 atom stereocenters. The molecule has 7 heteroatoms. The molecule has 0 saturated heterocycles. The Morgan fingerprint density at radius 2 is 0.588 bits per heavy atom. The monoisotopic (exact) mass is 680 g/mol. The molecule has 8 bridgehead atoms. The Kier molecular flexibility index (Phi) is 9.03. The maximum atomic E-state index is 7.15. The molecular weight excluding hydrogens is 647 g/mol. The SMILES string of the molecule is C1=Cc2nc1c(-c1ccccc1)c1nc(c(-c3ccccc3)c3ccc([nH]3)c(-c3ccccc3)c3ccc([nH]3)c2-c2ccccc2)C=C1.OPO. The van der Waals surface area contributed by atoms with E-state index in [4.69, 9.17) is 19.8 Å². The molecule has 0 saturated carbocycles. The highest BCUT2D eigenvalue weighted by atomic mass is 31.1. The first kappa shape index (κ1) is 32.1. The van der Waals surface area contributed by atoms with Crippen molar-refractivity contribution in [2.24, 2.45) is 0 Å². The molecule has 0 unspecified atom stereocenters. The van der Waals surface area contributed by atoms with Crippen LogP contribution in [0.3, 0.4) is 0 Å². The van der Waals surface area contributed by atoms with Crippen LogP contribution in [0.4, 0.5) is 0 Å². The van der Waals surface area contributed by atoms with Gasteiger partial charge in [0.05, 0.1) is 22.8 Å². The number of nitrogens with one attached hydrogen (secondary N) is 2. The summed E-state index contributed by atoms with van der Waals surface area (Å²) in [6.45, 7) is 0. The highest BCUT2D eigenvalue weighted by molar-refractivity contribution is 7.23. The van der Waals surface area contributed by atoms with Crippen molar-refractivity contribution in [1.82, 2.24) is 19.9 Å². The molecule has 0 amide bonds. The molecule has 7 aromatic rings. The van der Waals surface area contributed by atoms with Crippen molar-refractivity contribution in [2.75, 3.05) is 0 Å². The van der Waals surface area contributed by atoms with Gasteiger partial charge in [-0.1, -0.05) is 121 Å². The molecular formula is C44H33N4O2P. The van der Waals surface area contributed by atoms with Crippen LogP contribution in [0, 0.1) is 0 Å². The third-order valence-electron chi connectivity index (χ3n) is 9.00. The Morgan fingerprint density at radius 3 is 0.922 bits per heavy atom. The summed E-state index contributed by atoms with van der Waals surface area (Å²) in [5.74, 6) is 0. The summed E-state index contributed by atoms with van der Waals surface area (Å²) >= 11 is 0. The maximum Gasteiger partial charge on any atom is 0.149 e. The molecule has 51 heavy (non-hydrogen) atoms. The minimum absolute atomic E-state index is 0.883. The lowest BCUT2D eigenvalue weighted by Gasteiger charge is -2.07. The van der Waals surface area contributed by atoms with Crippen molar-refractivity contribution >= 4 is 55.4 Å². The third-order valence-corrected chi connectivity index (χ3v) is 9.00. The highest BCUT2D eigenvalue weighted by Crippen LogP contribution is 2.38. The summed E-state index contributed by atoms with van der Waals surface area (Å²) in [5.41, 5.74) is 16.2. The Bertz CT molecular complexity index is 2420. The summed E-state index contributed by atoms with van der Waals surface area (Å²) in [6.07, 6.45) is 8.50. The van der Waals surface area contributed by atoms with Crippen molar-refractivity contribution in [2.45, 2.75) is 0 Å². The molecule has 4 N–H and O–H groups in total. The van der Waals surface area contributed by atoms with E-state index in [1.165, 1.54) is 0 Å². The lowest BCUT2D eigenvalue weighted by Crippen LogP contribution is -1.91. The Labute approximate surface area is 297 Å². The zero-order chi connectivity index (χ0) is 34.6. The van der Waals surface area contributed by atoms with Gasteiger partial charge in [-0.15, -0.1) is 0 Å². The van der Waals surface area contributed by atoms with Crippen LogP contribution in [0.2, 0.25) is 0 Å². The lowest BCUT2D eigenvalue weighted by atomic mass is 10.0. The van der Waals surface area contributed by atoms with Gasteiger partial charge in [0.15, 0.2) is 0 Å². The van der Waals surface area contributed by atoms with Gasteiger partial charge < -0.3 is 19.8 Å². The normalized spacial score (nSPS) is 11.6. The number of fused-ring (bicyclic) bond motifs is 8. The molecule has 0 fully saturated rings. The first-order chi connectivity index (χ1) is 25.2. The number of nitrogens with zero attached hydrogens (tertiary/aromatic N) is 2. The molecule has 9 rings (SSSR count). The molecule has 5 heterocycles. The predicted octanol–water partition coefficient (Wildman–Crippen LogP) is 10.8. The molecule has 2 aliphatic rings. The minimum Gasteiger partial charge on any atom is -0.354 e. The molecule has 0 aliphatic carbocycles. The van der Waals surface area contributed by atoms with Crippen molar-refractivity contribution in [3.8, 4) is 44.5 Å². The van der Waals surface area contributed by atoms with Gasteiger partial charge in [-0.3, -0.25) is 0 Å². The first-order valence-corrected chi connectivity index (χ1v) is 17.5. The van der Waals surface area contributed by atoms with E-state index in [2.05, 4.69) is 162 Å². The second-order valence-corrected chi connectivity index (χ2v) is 12.3. The number of benzene rings is 4. The fraction of sp³-hybridized carbons (Fsp3) is 0. The van der Waals surface area contributed by atoms with E-state index in [-0.39, 0.29) is 0 Å². The van der Waals surface area contributed by atoms with Crippen LogP contribution in [0.1, 0.15) is 22.8 Å². The summed E-state index contributed by atoms with van der Waals surface area (Å²) in [6, 6.07) is 50.7. The zero-order valence-corrected chi connectivity index (χ0v) is 28.5. The predicted molar refractivity (Wildman–Crippen MR) is 213 cm³/mol. The number of hydrogen-bond acceptors (Lipinski definition) is 4. The van der Waals surface area contributed by atoms with E-state index in [0.717, 1.165) is 89.4 Å². The largest absolute Gasteiger partial charge is 0.354 e. The smallest absolute Gasteiger partial charge is 0.149 e. The fourth-order valence-electron chi connectivity index (χ4n) is 6.84. The number of H-pyrrole nitrogens is 2. The first-order valence-electron chi connectivity index (χ1n) is 16.6. The summed E-state index contributed by atoms with van der Waals surface area (Å²) < 4.78 is 0. The zero-order valence-electron chi connectivity index (χ0n) is 27.5. The second-order valence-electron chi connectivity index (χ2n) is 12.1. The number of hydrogen-bond donors (Lipinski definition) is 4. The van der Waals surface area contributed by atoms with Crippen LogP contribution in [0.5, 0.6) is 0 Å². The molecule has 246 valence electrons. The van der Waals surface area contributed by atoms with E-state index in [9.17, 15) is 0 Å². The lowest BCUT2D eigenvalue weighted by molar-refractivity contribution is 0.513. The van der Waals surface area contributed by atoms with Gasteiger partial charge in [-0.05, 0) is 70.8 Å². The van der Waals surface area contributed by atoms with Gasteiger partial charge in [0.25, 0.3) is 0 Å². The van der Waals surface area contributed by atoms with Crippen molar-refractivity contribution in [3.05, 3.63) is 168 Å². The quantitative estimate of drug-likeness (QED) is 0.139. The van der Waals surface area contributed by atoms with Crippen LogP contribution < -0.4 is 0 Å². The van der Waals surface area contributed by atoms with Crippen molar-refractivity contribution in [1.29, 1.82) is 0 Å². The average Bonchev–Trinajstić information content (AvgIpc) is 4.02. The average molecular weight is 681 g/mol. The topological polar surface area (TPSA) is 97.8 Å². The third kappa shape index (κ3) is 6.36. The second kappa shape index (κ2) is 14.4. The van der Waals surface area contributed by atoms with E-state index in [0.29, 0.717) is 0 Å². The van der Waals surface area contributed by atoms with Gasteiger partial charge in [0.1, 0.15) is 9.03 Å².